The Morgan fingerprint density at radius 1 is 0.459 bits per heavy atom. The van der Waals surface area contributed by atoms with Crippen molar-refractivity contribution in [3.63, 3.8) is 0 Å². The summed E-state index contributed by atoms with van der Waals surface area (Å²) < 4.78 is 137. The molecule has 6 rings (SSSR count). The smallest absolute Gasteiger partial charge is 0.338 e. The number of rotatable bonds is 16. The van der Waals surface area contributed by atoms with Gasteiger partial charge in [0.15, 0.2) is 0 Å². The number of aliphatic imine (C=N–C) groups is 1. The van der Waals surface area contributed by atoms with Gasteiger partial charge < -0.3 is 36.8 Å². The summed E-state index contributed by atoms with van der Waals surface area (Å²) in [5.41, 5.74) is -2.00. The van der Waals surface area contributed by atoms with Crippen LogP contribution < -0.4 is 21.7 Å². The number of urea groups is 1. The second-order valence-corrected chi connectivity index (χ2v) is 20.1. The molecule has 0 saturated heterocycles. The number of primary amides is 1. The van der Waals surface area contributed by atoms with Crippen LogP contribution in [0.4, 0.5) is 38.9 Å². The van der Waals surface area contributed by atoms with E-state index in [0.717, 1.165) is 48.5 Å². The topological polar surface area (TPSA) is 508 Å². The highest BCUT2D eigenvalue weighted by Crippen LogP contribution is 2.37. The molecule has 0 aliphatic rings. The molecule has 0 fully saturated rings. The molecule has 0 unspecified atom stereocenters. The molecule has 0 bridgehead atoms. The number of carboxylic acids is 4. The average molecular weight is 1100 g/mol. The zero-order valence-corrected chi connectivity index (χ0v) is 39.4. The Labute approximate surface area is 412 Å². The van der Waals surface area contributed by atoms with Crippen LogP contribution in [0.15, 0.2) is 142 Å². The SMILES string of the molecule is C=C(/N=C(\NC(N)=O)Nc1cc(C(=O)O)c(/N=N/c2cc(S(=O)(=O)O)c3cccc(S(=O)(=O)O)c3c2)cc1C(=O)O)Nc1cc(C(=O)O)c(/N=N/c2cc(S(=O)(=O)O)c3cccc(S(=O)(=O)O)c3c2)cc1C(=O)O. The van der Waals surface area contributed by atoms with E-state index in [1.54, 1.807) is 0 Å². The van der Waals surface area contributed by atoms with E-state index in [-0.39, 0.29) is 0 Å². The standard InChI is InChI=1S/C40H29N9O21S4/c1-16(42-27-12-25(37(54)55)29(14-23(27)35(50)51)48-46-17-8-21-19(33(10-17)73(65,66)67)4-2-6-31(21)71(59,60)61)43-40(45-39(41)58)44-28-13-26(38(56)57)30(15-24(28)36(52)53)49-47-18-9-22-20(34(11-18)74(68,69)70)5-3-7-32(22)72(62,63)64/h2-15,42H,1H2,(H,50,51)(H,52,53)(H,54,55)(H,56,57)(H,59,60,61)(H,62,63,64)(H,65,66,67)(H,68,69,70)(H4,41,43,44,45,58)/b48-46+,49-47+. The number of nitrogens with two attached hydrogens (primary N) is 1. The van der Waals surface area contributed by atoms with Crippen molar-refractivity contribution >= 4 is 132 Å². The lowest BCUT2D eigenvalue weighted by molar-refractivity contribution is 0.0682. The summed E-state index contributed by atoms with van der Waals surface area (Å²) in [5.74, 6) is -8.75. The van der Waals surface area contributed by atoms with E-state index < -0.39 is 180 Å². The van der Waals surface area contributed by atoms with Crippen molar-refractivity contribution in [2.45, 2.75) is 19.6 Å². The van der Waals surface area contributed by atoms with Crippen LogP contribution in [0.25, 0.3) is 21.5 Å². The fourth-order valence-corrected chi connectivity index (χ4v) is 9.58. The molecule has 2 amide bonds. The third-order valence-electron chi connectivity index (χ3n) is 9.68. The number of aromatic carboxylic acids is 4. The van der Waals surface area contributed by atoms with Gasteiger partial charge in [0.2, 0.25) is 5.96 Å². The summed E-state index contributed by atoms with van der Waals surface area (Å²) in [5, 5.41) is 60.0. The van der Waals surface area contributed by atoms with Gasteiger partial charge in [-0.3, -0.25) is 23.5 Å². The first-order valence-electron chi connectivity index (χ1n) is 19.3. The monoisotopic (exact) mass is 1100 g/mol. The van der Waals surface area contributed by atoms with Gasteiger partial charge in [0.25, 0.3) is 40.5 Å². The van der Waals surface area contributed by atoms with Gasteiger partial charge in [0, 0.05) is 21.5 Å². The molecule has 0 aliphatic heterocycles. The third kappa shape index (κ3) is 12.1. The van der Waals surface area contributed by atoms with E-state index in [1.807, 2.05) is 5.32 Å². The second kappa shape index (κ2) is 20.2. The number of carboxylic acid groups (broad SMARTS) is 4. The molecule has 0 atom stereocenters. The van der Waals surface area contributed by atoms with Crippen molar-refractivity contribution in [2.75, 3.05) is 10.6 Å². The van der Waals surface area contributed by atoms with Gasteiger partial charge in [-0.15, -0.1) is 10.2 Å². The van der Waals surface area contributed by atoms with Crippen molar-refractivity contribution in [3.05, 3.63) is 120 Å². The summed E-state index contributed by atoms with van der Waals surface area (Å²) in [6.07, 6.45) is 0. The Hall–Kier alpha value is -9.16. The molecule has 74 heavy (non-hydrogen) atoms. The Morgan fingerprint density at radius 2 is 0.824 bits per heavy atom. The lowest BCUT2D eigenvalue weighted by Crippen LogP contribution is -2.40. The zero-order valence-electron chi connectivity index (χ0n) is 36.1. The number of guanidine groups is 1. The molecule has 34 heteroatoms. The van der Waals surface area contributed by atoms with E-state index in [4.69, 9.17) is 5.73 Å². The summed E-state index contributed by atoms with van der Waals surface area (Å²) in [6.45, 7) is 3.54. The Bertz CT molecular complexity index is 4070. The molecule has 6 aromatic rings. The minimum atomic E-state index is -5.14. The van der Waals surface area contributed by atoms with Crippen molar-refractivity contribution < 1.29 is 96.3 Å². The molecule has 0 heterocycles. The van der Waals surface area contributed by atoms with E-state index in [2.05, 4.69) is 42.7 Å². The average Bonchev–Trinajstić information content (AvgIpc) is 3.27. The van der Waals surface area contributed by atoms with E-state index >= 15 is 0 Å². The van der Waals surface area contributed by atoms with Crippen LogP contribution in [0.1, 0.15) is 41.4 Å². The summed E-state index contributed by atoms with van der Waals surface area (Å²) in [4.78, 5) is 62.4. The number of fused-ring (bicyclic) bond motifs is 2. The molecule has 0 radical (unpaired) electrons. The van der Waals surface area contributed by atoms with E-state index in [9.17, 15) is 96.3 Å². The third-order valence-corrected chi connectivity index (χ3v) is 13.3. The maximum atomic E-state index is 12.5. The van der Waals surface area contributed by atoms with Gasteiger partial charge in [-0.2, -0.15) is 48.9 Å². The molecule has 6 aromatic carbocycles. The number of hydrogen-bond donors (Lipinski definition) is 12. The molecule has 384 valence electrons. The quantitative estimate of drug-likeness (QED) is 0.0242. The fraction of sp³-hybridized carbons (Fsp3) is 0. The van der Waals surface area contributed by atoms with Crippen LogP contribution in [-0.2, 0) is 40.5 Å². The number of nitrogens with one attached hydrogen (secondary N) is 3. The normalized spacial score (nSPS) is 12.5. The van der Waals surface area contributed by atoms with Crippen molar-refractivity contribution in [1.82, 2.24) is 5.32 Å². The minimum absolute atomic E-state index is 0.391. The highest BCUT2D eigenvalue weighted by molar-refractivity contribution is 7.87. The molecule has 0 spiro atoms. The maximum absolute atomic E-state index is 12.5. The number of carbonyl (C=O) groups is 5. The van der Waals surface area contributed by atoms with Crippen LogP contribution in [0, 0.1) is 0 Å². The second-order valence-electron chi connectivity index (χ2n) is 14.6. The highest BCUT2D eigenvalue weighted by atomic mass is 32.2. The lowest BCUT2D eigenvalue weighted by Gasteiger charge is -2.16. The first-order valence-corrected chi connectivity index (χ1v) is 25.0. The summed E-state index contributed by atoms with van der Waals surface area (Å²) in [6, 6.07) is 10.3. The van der Waals surface area contributed by atoms with E-state index in [1.165, 1.54) is 0 Å². The van der Waals surface area contributed by atoms with Crippen LogP contribution in [-0.4, -0.2) is 108 Å². The van der Waals surface area contributed by atoms with Crippen LogP contribution >= 0.6 is 0 Å². The molecule has 0 saturated carbocycles. The number of hydrogen-bond acceptors (Lipinski definition) is 19. The minimum Gasteiger partial charge on any atom is -0.478 e. The number of nitrogens with zero attached hydrogens (tertiary/aromatic N) is 5. The van der Waals surface area contributed by atoms with Gasteiger partial charge in [0.1, 0.15) is 36.8 Å². The van der Waals surface area contributed by atoms with E-state index in [0.29, 0.717) is 36.4 Å². The Balaban J connectivity index is 1.38. The molecule has 13 N–H and O–H groups in total. The van der Waals surface area contributed by atoms with Crippen LogP contribution in [0.5, 0.6) is 0 Å². The van der Waals surface area contributed by atoms with Crippen LogP contribution in [0.3, 0.4) is 0 Å². The largest absolute Gasteiger partial charge is 0.478 e. The number of azo groups is 2. The van der Waals surface area contributed by atoms with Crippen molar-refractivity contribution in [1.29, 1.82) is 0 Å². The number of carbonyl (C=O) groups excluding carboxylic acids is 1. The lowest BCUT2D eigenvalue weighted by atomic mass is 10.1. The summed E-state index contributed by atoms with van der Waals surface area (Å²) in [7, 11) is -20.3. The van der Waals surface area contributed by atoms with Gasteiger partial charge >= 0.3 is 29.9 Å². The number of amides is 2. The predicted molar refractivity (Wildman–Crippen MR) is 253 cm³/mol. The molecule has 0 aromatic heterocycles. The first kappa shape index (κ1) is 54.2. The van der Waals surface area contributed by atoms with Gasteiger partial charge in [-0.1, -0.05) is 30.8 Å². The van der Waals surface area contributed by atoms with Gasteiger partial charge in [-0.25, -0.2) is 24.0 Å². The van der Waals surface area contributed by atoms with Crippen LogP contribution in [0.2, 0.25) is 0 Å². The Kier molecular flexibility index (Phi) is 14.8. The molecule has 0 aliphatic carbocycles. The summed E-state index contributed by atoms with van der Waals surface area (Å²) >= 11 is 0. The highest BCUT2D eigenvalue weighted by Gasteiger charge is 2.26. The maximum Gasteiger partial charge on any atom is 0.338 e. The van der Waals surface area contributed by atoms with Gasteiger partial charge in [0.05, 0.1) is 45.0 Å². The molecule has 30 nitrogen and oxygen atoms in total. The number of anilines is 2. The van der Waals surface area contributed by atoms with Crippen molar-refractivity contribution in [3.8, 4) is 0 Å². The zero-order chi connectivity index (χ0) is 55.0. The number of benzene rings is 6. The molecular formula is C40H29N9O21S4. The predicted octanol–water partition coefficient (Wildman–Crippen LogP) is 5.62. The Morgan fingerprint density at radius 3 is 1.16 bits per heavy atom. The van der Waals surface area contributed by atoms with Crippen molar-refractivity contribution in [2.24, 2.45) is 31.2 Å². The van der Waals surface area contributed by atoms with Gasteiger partial charge in [-0.05, 0) is 60.7 Å². The fourth-order valence-electron chi connectivity index (χ4n) is 6.73. The first-order chi connectivity index (χ1) is 34.2. The molecular weight excluding hydrogens is 1070 g/mol.